The van der Waals surface area contributed by atoms with Gasteiger partial charge in [0, 0.05) is 31.4 Å². The van der Waals surface area contributed by atoms with Crippen LogP contribution >= 0.6 is 0 Å². The maximum Gasteiger partial charge on any atom is 0.0270 e. The summed E-state index contributed by atoms with van der Waals surface area (Å²) < 4.78 is 0. The number of likely N-dealkylation sites (tertiary alicyclic amines) is 1. The third-order valence-corrected chi connectivity index (χ3v) is 2.58. The lowest BCUT2D eigenvalue weighted by molar-refractivity contribution is 0.157. The lowest BCUT2D eigenvalue weighted by Gasteiger charge is -2.38. The number of pyridine rings is 1. The van der Waals surface area contributed by atoms with E-state index in [1.165, 1.54) is 25.2 Å². The molecule has 0 radical (unpaired) electrons. The van der Waals surface area contributed by atoms with Crippen LogP contribution in [-0.4, -0.2) is 29.5 Å². The molecule has 1 aromatic heterocycles. The Morgan fingerprint density at radius 2 is 2.08 bits per heavy atom. The summed E-state index contributed by atoms with van der Waals surface area (Å²) in [5.74, 6) is 0.757. The molecule has 0 aromatic carbocycles. The SMILES string of the molecule is CCN1CC(c2ccncc2)C1. The van der Waals surface area contributed by atoms with Crippen LogP contribution in [0.25, 0.3) is 0 Å². The van der Waals surface area contributed by atoms with Crippen molar-refractivity contribution in [3.05, 3.63) is 30.1 Å². The molecule has 12 heavy (non-hydrogen) atoms. The lowest BCUT2D eigenvalue weighted by Crippen LogP contribution is -2.44. The first kappa shape index (κ1) is 7.74. The maximum atomic E-state index is 4.01. The van der Waals surface area contributed by atoms with Gasteiger partial charge in [-0.3, -0.25) is 4.98 Å². The molecule has 0 N–H and O–H groups in total. The first-order valence-corrected chi connectivity index (χ1v) is 4.52. The van der Waals surface area contributed by atoms with Crippen molar-refractivity contribution in [1.82, 2.24) is 9.88 Å². The zero-order valence-electron chi connectivity index (χ0n) is 7.40. The molecule has 2 heterocycles. The monoisotopic (exact) mass is 162 g/mol. The summed E-state index contributed by atoms with van der Waals surface area (Å²) in [6.45, 7) is 5.84. The molecule has 1 aliphatic heterocycles. The first-order chi connectivity index (χ1) is 5.90. The molecule has 0 bridgehead atoms. The summed E-state index contributed by atoms with van der Waals surface area (Å²) in [5, 5.41) is 0. The fourth-order valence-corrected chi connectivity index (χ4v) is 1.67. The minimum atomic E-state index is 0.757. The molecule has 64 valence electrons. The van der Waals surface area contributed by atoms with Crippen LogP contribution in [0, 0.1) is 0 Å². The average molecular weight is 162 g/mol. The predicted molar refractivity (Wildman–Crippen MR) is 49.1 cm³/mol. The highest BCUT2D eigenvalue weighted by Crippen LogP contribution is 2.25. The van der Waals surface area contributed by atoms with Gasteiger partial charge in [0.1, 0.15) is 0 Å². The second kappa shape index (κ2) is 3.23. The molecule has 0 unspecified atom stereocenters. The van der Waals surface area contributed by atoms with Gasteiger partial charge >= 0.3 is 0 Å². The van der Waals surface area contributed by atoms with Crippen molar-refractivity contribution in [3.63, 3.8) is 0 Å². The summed E-state index contributed by atoms with van der Waals surface area (Å²) in [7, 11) is 0. The van der Waals surface area contributed by atoms with Crippen LogP contribution in [0.1, 0.15) is 18.4 Å². The van der Waals surface area contributed by atoms with Crippen molar-refractivity contribution < 1.29 is 0 Å². The smallest absolute Gasteiger partial charge is 0.0270 e. The van der Waals surface area contributed by atoms with Crippen molar-refractivity contribution in [3.8, 4) is 0 Å². The van der Waals surface area contributed by atoms with E-state index in [1.54, 1.807) is 0 Å². The van der Waals surface area contributed by atoms with Crippen LogP contribution in [0.3, 0.4) is 0 Å². The summed E-state index contributed by atoms with van der Waals surface area (Å²) in [4.78, 5) is 6.46. The molecule has 1 saturated heterocycles. The molecule has 2 nitrogen and oxygen atoms in total. The average Bonchev–Trinajstić information content (AvgIpc) is 2.04. The summed E-state index contributed by atoms with van der Waals surface area (Å²) >= 11 is 0. The molecule has 0 amide bonds. The number of hydrogen-bond donors (Lipinski definition) is 0. The summed E-state index contributed by atoms with van der Waals surface area (Å²) in [5.41, 5.74) is 1.44. The van der Waals surface area contributed by atoms with Gasteiger partial charge in [-0.1, -0.05) is 6.92 Å². The van der Waals surface area contributed by atoms with Gasteiger partial charge in [-0.2, -0.15) is 0 Å². The zero-order valence-corrected chi connectivity index (χ0v) is 7.40. The molecular formula is C10H14N2. The minimum absolute atomic E-state index is 0.757. The molecule has 1 aliphatic rings. The topological polar surface area (TPSA) is 16.1 Å². The minimum Gasteiger partial charge on any atom is -0.302 e. The van der Waals surface area contributed by atoms with E-state index >= 15 is 0 Å². The molecule has 2 heteroatoms. The third kappa shape index (κ3) is 1.34. The van der Waals surface area contributed by atoms with Crippen molar-refractivity contribution >= 4 is 0 Å². The highest BCUT2D eigenvalue weighted by molar-refractivity contribution is 5.19. The highest BCUT2D eigenvalue weighted by Gasteiger charge is 2.25. The van der Waals surface area contributed by atoms with E-state index in [0.717, 1.165) is 5.92 Å². The quantitative estimate of drug-likeness (QED) is 0.655. The number of aromatic nitrogens is 1. The van der Waals surface area contributed by atoms with Crippen LogP contribution < -0.4 is 0 Å². The largest absolute Gasteiger partial charge is 0.302 e. The van der Waals surface area contributed by atoms with E-state index in [0.29, 0.717) is 0 Å². The van der Waals surface area contributed by atoms with Crippen LogP contribution in [0.4, 0.5) is 0 Å². The Kier molecular flexibility index (Phi) is 2.09. The molecular weight excluding hydrogens is 148 g/mol. The van der Waals surface area contributed by atoms with Crippen LogP contribution in [0.15, 0.2) is 24.5 Å². The fourth-order valence-electron chi connectivity index (χ4n) is 1.67. The van der Waals surface area contributed by atoms with E-state index in [-0.39, 0.29) is 0 Å². The van der Waals surface area contributed by atoms with Gasteiger partial charge in [0.05, 0.1) is 0 Å². The third-order valence-electron chi connectivity index (χ3n) is 2.58. The van der Waals surface area contributed by atoms with E-state index in [4.69, 9.17) is 0 Å². The van der Waals surface area contributed by atoms with Crippen LogP contribution in [0.5, 0.6) is 0 Å². The standard InChI is InChI=1S/C10H14N2/c1-2-12-7-10(8-12)9-3-5-11-6-4-9/h3-6,10H,2,7-8H2,1H3. The molecule has 0 spiro atoms. The number of rotatable bonds is 2. The second-order valence-electron chi connectivity index (χ2n) is 3.33. The van der Waals surface area contributed by atoms with Gasteiger partial charge in [0.2, 0.25) is 0 Å². The fraction of sp³-hybridized carbons (Fsp3) is 0.500. The maximum absolute atomic E-state index is 4.01. The van der Waals surface area contributed by atoms with E-state index in [9.17, 15) is 0 Å². The van der Waals surface area contributed by atoms with E-state index in [2.05, 4.69) is 28.9 Å². The number of nitrogens with zero attached hydrogens (tertiary/aromatic N) is 2. The Labute approximate surface area is 73.2 Å². The van der Waals surface area contributed by atoms with Crippen molar-refractivity contribution in [2.24, 2.45) is 0 Å². The first-order valence-electron chi connectivity index (χ1n) is 4.52. The molecule has 1 fully saturated rings. The lowest BCUT2D eigenvalue weighted by atomic mass is 9.92. The normalized spacial score (nSPS) is 19.1. The Balaban J connectivity index is 1.97. The van der Waals surface area contributed by atoms with E-state index < -0.39 is 0 Å². The molecule has 0 atom stereocenters. The highest BCUT2D eigenvalue weighted by atomic mass is 15.2. The van der Waals surface area contributed by atoms with Gasteiger partial charge in [-0.25, -0.2) is 0 Å². The van der Waals surface area contributed by atoms with Crippen molar-refractivity contribution in [2.75, 3.05) is 19.6 Å². The van der Waals surface area contributed by atoms with Gasteiger partial charge in [-0.05, 0) is 24.2 Å². The van der Waals surface area contributed by atoms with Crippen LogP contribution in [-0.2, 0) is 0 Å². The predicted octanol–water partition coefficient (Wildman–Crippen LogP) is 1.50. The number of likely N-dealkylation sites (N-methyl/N-ethyl adjacent to an activating group) is 1. The van der Waals surface area contributed by atoms with Crippen molar-refractivity contribution in [1.29, 1.82) is 0 Å². The summed E-state index contributed by atoms with van der Waals surface area (Å²) in [6, 6.07) is 4.25. The Hall–Kier alpha value is -0.890. The van der Waals surface area contributed by atoms with Gasteiger partial charge in [-0.15, -0.1) is 0 Å². The van der Waals surface area contributed by atoms with Crippen molar-refractivity contribution in [2.45, 2.75) is 12.8 Å². The Morgan fingerprint density at radius 3 is 2.67 bits per heavy atom. The summed E-state index contributed by atoms with van der Waals surface area (Å²) in [6.07, 6.45) is 3.76. The van der Waals surface area contributed by atoms with Gasteiger partial charge in [0.15, 0.2) is 0 Å². The zero-order chi connectivity index (χ0) is 8.39. The second-order valence-corrected chi connectivity index (χ2v) is 3.33. The molecule has 0 aliphatic carbocycles. The molecule has 1 aromatic rings. The van der Waals surface area contributed by atoms with Gasteiger partial charge in [0.25, 0.3) is 0 Å². The molecule has 2 rings (SSSR count). The van der Waals surface area contributed by atoms with E-state index in [1.807, 2.05) is 12.4 Å². The Bertz CT molecular complexity index is 239. The van der Waals surface area contributed by atoms with Gasteiger partial charge < -0.3 is 4.90 Å². The number of hydrogen-bond acceptors (Lipinski definition) is 2. The molecule has 0 saturated carbocycles. The van der Waals surface area contributed by atoms with Crippen LogP contribution in [0.2, 0.25) is 0 Å². The Morgan fingerprint density at radius 1 is 1.42 bits per heavy atom.